The van der Waals surface area contributed by atoms with Crippen molar-refractivity contribution in [3.05, 3.63) is 59.7 Å². The third kappa shape index (κ3) is 4.47. The van der Waals surface area contributed by atoms with Crippen LogP contribution in [-0.2, 0) is 16.6 Å². The Morgan fingerprint density at radius 2 is 0.926 bits per heavy atom. The molecule has 2 atom stereocenters. The van der Waals surface area contributed by atoms with Crippen molar-refractivity contribution in [1.29, 1.82) is 0 Å². The molecule has 2 aromatic carbocycles. The van der Waals surface area contributed by atoms with Crippen molar-refractivity contribution >= 4 is 0 Å². The first kappa shape index (κ1) is 20.9. The molecule has 0 spiro atoms. The summed E-state index contributed by atoms with van der Waals surface area (Å²) < 4.78 is 97.3. The first-order chi connectivity index (χ1) is 12.6. The topological polar surface area (TPSA) is 27.7 Å². The van der Waals surface area contributed by atoms with Crippen molar-refractivity contribution < 1.29 is 40.6 Å². The van der Waals surface area contributed by atoms with E-state index < -0.39 is 35.7 Å². The molecule has 2 rings (SSSR count). The Morgan fingerprint density at radius 1 is 0.630 bits per heavy atom. The average molecular weight is 394 g/mol. The molecular formula is C18H16F6O3. The van der Waals surface area contributed by atoms with Gasteiger partial charge < -0.3 is 14.2 Å². The van der Waals surface area contributed by atoms with Crippen LogP contribution in [0.1, 0.15) is 11.1 Å². The SMILES string of the molecule is COc1ccc(C(F)(F)[C@@H](F)O[C@H](F)C(F)(F)c2ccc(OC)cc2)cc1. The van der Waals surface area contributed by atoms with Crippen molar-refractivity contribution in [1.82, 2.24) is 0 Å². The molecule has 0 aromatic heterocycles. The van der Waals surface area contributed by atoms with Gasteiger partial charge in [-0.05, 0) is 48.5 Å². The Balaban J connectivity index is 2.14. The maximum atomic E-state index is 14.1. The molecule has 2 aromatic rings. The minimum Gasteiger partial charge on any atom is -0.497 e. The van der Waals surface area contributed by atoms with Gasteiger partial charge in [-0.3, -0.25) is 0 Å². The van der Waals surface area contributed by atoms with Crippen LogP contribution in [0, 0.1) is 0 Å². The van der Waals surface area contributed by atoms with E-state index in [2.05, 4.69) is 4.74 Å². The van der Waals surface area contributed by atoms with Gasteiger partial charge in [0.25, 0.3) is 12.7 Å². The number of hydrogen-bond donors (Lipinski definition) is 0. The number of halogens is 6. The molecule has 0 N–H and O–H groups in total. The molecule has 0 aliphatic carbocycles. The second kappa shape index (κ2) is 8.08. The van der Waals surface area contributed by atoms with E-state index in [4.69, 9.17) is 9.47 Å². The summed E-state index contributed by atoms with van der Waals surface area (Å²) in [4.78, 5) is 0. The lowest BCUT2D eigenvalue weighted by Gasteiger charge is -2.26. The highest BCUT2D eigenvalue weighted by atomic mass is 19.3. The van der Waals surface area contributed by atoms with E-state index in [1.165, 1.54) is 14.2 Å². The van der Waals surface area contributed by atoms with E-state index in [9.17, 15) is 26.3 Å². The fourth-order valence-electron chi connectivity index (χ4n) is 2.16. The molecule has 0 saturated carbocycles. The average Bonchev–Trinajstić information content (AvgIpc) is 2.67. The van der Waals surface area contributed by atoms with Crippen molar-refractivity contribution in [3.8, 4) is 11.5 Å². The van der Waals surface area contributed by atoms with Crippen molar-refractivity contribution in [2.24, 2.45) is 0 Å². The maximum absolute atomic E-state index is 14.1. The van der Waals surface area contributed by atoms with Crippen LogP contribution in [0.4, 0.5) is 26.3 Å². The summed E-state index contributed by atoms with van der Waals surface area (Å²) in [7, 11) is 2.59. The monoisotopic (exact) mass is 394 g/mol. The zero-order valence-corrected chi connectivity index (χ0v) is 14.3. The Labute approximate surface area is 151 Å². The fraction of sp³-hybridized carbons (Fsp3) is 0.333. The summed E-state index contributed by atoms with van der Waals surface area (Å²) in [5.41, 5.74) is -1.76. The first-order valence-corrected chi connectivity index (χ1v) is 7.61. The molecule has 0 aliphatic rings. The van der Waals surface area contributed by atoms with E-state index in [1.807, 2.05) is 0 Å². The summed E-state index contributed by atoms with van der Waals surface area (Å²) in [5.74, 6) is -8.26. The molecule has 0 heterocycles. The van der Waals surface area contributed by atoms with Gasteiger partial charge in [-0.15, -0.1) is 0 Å². The van der Waals surface area contributed by atoms with Gasteiger partial charge in [-0.1, -0.05) is 0 Å². The molecule has 0 fully saturated rings. The highest BCUT2D eigenvalue weighted by Gasteiger charge is 2.50. The number of hydrogen-bond acceptors (Lipinski definition) is 3. The Morgan fingerprint density at radius 3 is 1.19 bits per heavy atom. The molecule has 0 amide bonds. The van der Waals surface area contributed by atoms with Gasteiger partial charge in [0.15, 0.2) is 0 Å². The highest BCUT2D eigenvalue weighted by Crippen LogP contribution is 2.40. The lowest BCUT2D eigenvalue weighted by molar-refractivity contribution is -0.295. The van der Waals surface area contributed by atoms with Gasteiger partial charge in [0.05, 0.1) is 14.2 Å². The number of benzene rings is 2. The molecule has 0 saturated heterocycles. The third-order valence-corrected chi connectivity index (χ3v) is 3.76. The third-order valence-electron chi connectivity index (χ3n) is 3.76. The molecule has 9 heteroatoms. The van der Waals surface area contributed by atoms with Crippen LogP contribution in [0.3, 0.4) is 0 Å². The first-order valence-electron chi connectivity index (χ1n) is 7.61. The maximum Gasteiger partial charge on any atom is 0.327 e. The predicted molar refractivity (Wildman–Crippen MR) is 84.7 cm³/mol. The lowest BCUT2D eigenvalue weighted by atomic mass is 10.1. The van der Waals surface area contributed by atoms with Gasteiger partial charge in [-0.2, -0.15) is 17.6 Å². The molecule has 0 aliphatic heterocycles. The van der Waals surface area contributed by atoms with E-state index in [1.54, 1.807) is 0 Å². The van der Waals surface area contributed by atoms with Crippen molar-refractivity contribution in [2.45, 2.75) is 24.6 Å². The minimum absolute atomic E-state index is 0.222. The Hall–Kier alpha value is -2.42. The molecule has 0 bridgehead atoms. The van der Waals surface area contributed by atoms with E-state index in [0.717, 1.165) is 48.5 Å². The quantitative estimate of drug-likeness (QED) is 0.577. The van der Waals surface area contributed by atoms with Crippen LogP contribution >= 0.6 is 0 Å². The van der Waals surface area contributed by atoms with E-state index in [-0.39, 0.29) is 11.5 Å². The van der Waals surface area contributed by atoms with Crippen LogP contribution in [0.2, 0.25) is 0 Å². The predicted octanol–water partition coefficient (Wildman–Crippen LogP) is 5.20. The molecule has 148 valence electrons. The summed E-state index contributed by atoms with van der Waals surface area (Å²) >= 11 is 0. The van der Waals surface area contributed by atoms with E-state index >= 15 is 0 Å². The largest absolute Gasteiger partial charge is 0.497 e. The van der Waals surface area contributed by atoms with Gasteiger partial charge in [0, 0.05) is 11.1 Å². The zero-order chi connectivity index (χ0) is 20.2. The van der Waals surface area contributed by atoms with Crippen LogP contribution in [-0.4, -0.2) is 26.9 Å². The van der Waals surface area contributed by atoms with Crippen LogP contribution in [0.5, 0.6) is 11.5 Å². The number of alkyl halides is 6. The van der Waals surface area contributed by atoms with Crippen LogP contribution in [0.25, 0.3) is 0 Å². The molecular weight excluding hydrogens is 378 g/mol. The zero-order valence-electron chi connectivity index (χ0n) is 14.3. The molecule has 0 unspecified atom stereocenters. The van der Waals surface area contributed by atoms with Crippen LogP contribution in [0.15, 0.2) is 48.5 Å². The fourth-order valence-corrected chi connectivity index (χ4v) is 2.16. The summed E-state index contributed by atoms with van der Waals surface area (Å²) in [6.07, 6.45) is -7.27. The molecule has 0 radical (unpaired) electrons. The van der Waals surface area contributed by atoms with Gasteiger partial charge in [0.1, 0.15) is 11.5 Å². The number of ether oxygens (including phenoxy) is 3. The summed E-state index contributed by atoms with van der Waals surface area (Å²) in [6.45, 7) is 0. The highest BCUT2D eigenvalue weighted by molar-refractivity contribution is 5.31. The number of methoxy groups -OCH3 is 2. The minimum atomic E-state index is -4.35. The van der Waals surface area contributed by atoms with Gasteiger partial charge in [0.2, 0.25) is 0 Å². The van der Waals surface area contributed by atoms with Gasteiger partial charge >= 0.3 is 11.8 Å². The smallest absolute Gasteiger partial charge is 0.327 e. The second-order valence-electron chi connectivity index (χ2n) is 5.47. The van der Waals surface area contributed by atoms with Crippen LogP contribution < -0.4 is 9.47 Å². The van der Waals surface area contributed by atoms with Crippen molar-refractivity contribution in [2.75, 3.05) is 14.2 Å². The Kier molecular flexibility index (Phi) is 6.25. The van der Waals surface area contributed by atoms with Gasteiger partial charge in [-0.25, -0.2) is 8.78 Å². The Bertz CT molecular complexity index is 670. The second-order valence-corrected chi connectivity index (χ2v) is 5.47. The standard InChI is InChI=1S/C18H16F6O3/c1-25-13-7-3-11(4-8-13)17(21,22)15(19)27-16(20)18(23,24)12-5-9-14(26-2)10-6-12/h3-10,15-16H,1-2H3/t15-,16-/m0/s1. The lowest BCUT2D eigenvalue weighted by Crippen LogP contribution is -2.38. The molecule has 3 nitrogen and oxygen atoms in total. The van der Waals surface area contributed by atoms with Crippen molar-refractivity contribution in [3.63, 3.8) is 0 Å². The normalized spacial score (nSPS) is 14.5. The summed E-state index contributed by atoms with van der Waals surface area (Å²) in [5, 5.41) is 0. The summed E-state index contributed by atoms with van der Waals surface area (Å²) in [6, 6.07) is 7.77. The number of rotatable bonds is 8. The van der Waals surface area contributed by atoms with E-state index in [0.29, 0.717) is 0 Å². The molecule has 27 heavy (non-hydrogen) atoms.